The van der Waals surface area contributed by atoms with Crippen molar-refractivity contribution in [2.24, 2.45) is 4.99 Å². The summed E-state index contributed by atoms with van der Waals surface area (Å²) in [6.07, 6.45) is 2.96. The van der Waals surface area contributed by atoms with Gasteiger partial charge in [0.15, 0.2) is 0 Å². The maximum absolute atomic E-state index is 4.29. The molecule has 0 aliphatic carbocycles. The average Bonchev–Trinajstić information content (AvgIpc) is 2.62. The molecule has 3 heteroatoms. The van der Waals surface area contributed by atoms with Crippen LogP contribution in [0.15, 0.2) is 29.5 Å². The van der Waals surface area contributed by atoms with Crippen LogP contribution in [0.5, 0.6) is 0 Å². The second-order valence-corrected chi connectivity index (χ2v) is 4.37. The van der Waals surface area contributed by atoms with E-state index in [9.17, 15) is 0 Å². The van der Waals surface area contributed by atoms with Crippen molar-refractivity contribution in [2.75, 3.05) is 27.2 Å². The maximum atomic E-state index is 4.29. The van der Waals surface area contributed by atoms with Crippen LogP contribution >= 0.6 is 0 Å². The van der Waals surface area contributed by atoms with Crippen LogP contribution in [0.2, 0.25) is 0 Å². The number of aliphatic imine (C=N–C) groups is 1. The fourth-order valence-electron chi connectivity index (χ4n) is 1.66. The first-order valence-electron chi connectivity index (χ1n) is 5.30. The topological polar surface area (TPSA) is 18.8 Å². The highest BCUT2D eigenvalue weighted by Gasteiger charge is 2.24. The van der Waals surface area contributed by atoms with Gasteiger partial charge in [0.05, 0.1) is 0 Å². The zero-order chi connectivity index (χ0) is 11.4. The number of likely N-dealkylation sites (tertiary alicyclic amines) is 1. The molecule has 0 bridgehead atoms. The Morgan fingerprint density at radius 1 is 1.47 bits per heavy atom. The fourth-order valence-corrected chi connectivity index (χ4v) is 1.66. The van der Waals surface area contributed by atoms with E-state index < -0.39 is 0 Å². The third-order valence-corrected chi connectivity index (χ3v) is 2.69. The average molecular weight is 207 g/mol. The van der Waals surface area contributed by atoms with Gasteiger partial charge >= 0.3 is 0 Å². The zero-order valence-electron chi connectivity index (χ0n) is 10.0. The van der Waals surface area contributed by atoms with Crippen molar-refractivity contribution in [3.05, 3.63) is 24.6 Å². The summed E-state index contributed by atoms with van der Waals surface area (Å²) in [7, 11) is 4.24. The summed E-state index contributed by atoms with van der Waals surface area (Å²) in [5, 5.41) is 0. The molecule has 1 heterocycles. The van der Waals surface area contributed by atoms with Gasteiger partial charge in [-0.3, -0.25) is 0 Å². The molecule has 0 N–H and O–H groups in total. The molecule has 0 spiro atoms. The standard InChI is InChI=1S/C12H21N3/c1-10(2)8-13-11(3)15-7-6-12(9-15)14(4)5/h8,12H,1,3,6-7,9H2,2,4-5H3/b13-8-. The number of hydrogen-bond acceptors (Lipinski definition) is 3. The van der Waals surface area contributed by atoms with E-state index in [2.05, 4.69) is 42.0 Å². The van der Waals surface area contributed by atoms with Crippen LogP contribution in [0.25, 0.3) is 0 Å². The Bertz CT molecular complexity index is 279. The summed E-state index contributed by atoms with van der Waals surface area (Å²) in [5.41, 5.74) is 0.958. The fraction of sp³-hybridized carbons (Fsp3) is 0.583. The van der Waals surface area contributed by atoms with E-state index >= 15 is 0 Å². The predicted molar refractivity (Wildman–Crippen MR) is 66.1 cm³/mol. The molecular weight excluding hydrogens is 186 g/mol. The highest BCUT2D eigenvalue weighted by atomic mass is 15.3. The van der Waals surface area contributed by atoms with Crippen LogP contribution in [-0.2, 0) is 0 Å². The van der Waals surface area contributed by atoms with Gasteiger partial charge in [0.2, 0.25) is 0 Å². The molecule has 0 amide bonds. The summed E-state index contributed by atoms with van der Waals surface area (Å²) in [6, 6.07) is 0.627. The Kier molecular flexibility index (Phi) is 4.09. The highest BCUT2D eigenvalue weighted by molar-refractivity contribution is 5.77. The van der Waals surface area contributed by atoms with E-state index in [1.165, 1.54) is 6.42 Å². The Morgan fingerprint density at radius 3 is 2.60 bits per heavy atom. The summed E-state index contributed by atoms with van der Waals surface area (Å²) < 4.78 is 0. The largest absolute Gasteiger partial charge is 0.355 e. The summed E-state index contributed by atoms with van der Waals surface area (Å²) in [5.74, 6) is 0.849. The second-order valence-electron chi connectivity index (χ2n) is 4.37. The summed E-state index contributed by atoms with van der Waals surface area (Å²) >= 11 is 0. The van der Waals surface area contributed by atoms with Crippen LogP contribution in [0.1, 0.15) is 13.3 Å². The predicted octanol–water partition coefficient (Wildman–Crippen LogP) is 1.74. The molecule has 0 radical (unpaired) electrons. The van der Waals surface area contributed by atoms with Crippen LogP contribution in [0.3, 0.4) is 0 Å². The van der Waals surface area contributed by atoms with Gasteiger partial charge in [-0.2, -0.15) is 0 Å². The zero-order valence-corrected chi connectivity index (χ0v) is 10.0. The van der Waals surface area contributed by atoms with Crippen molar-refractivity contribution >= 4 is 6.21 Å². The van der Waals surface area contributed by atoms with Gasteiger partial charge in [-0.15, -0.1) is 0 Å². The molecule has 1 atom stereocenters. The van der Waals surface area contributed by atoms with Crippen molar-refractivity contribution in [1.29, 1.82) is 0 Å². The normalized spacial score (nSPS) is 21.6. The molecule has 15 heavy (non-hydrogen) atoms. The van der Waals surface area contributed by atoms with Gasteiger partial charge in [-0.05, 0) is 33.0 Å². The number of nitrogens with zero attached hydrogens (tertiary/aromatic N) is 3. The Balaban J connectivity index is 2.47. The van der Waals surface area contributed by atoms with Crippen molar-refractivity contribution in [1.82, 2.24) is 9.80 Å². The van der Waals surface area contributed by atoms with Gasteiger partial charge in [-0.1, -0.05) is 13.2 Å². The lowest BCUT2D eigenvalue weighted by Gasteiger charge is -2.21. The van der Waals surface area contributed by atoms with Gasteiger partial charge in [0.25, 0.3) is 0 Å². The third kappa shape index (κ3) is 3.51. The quantitative estimate of drug-likeness (QED) is 0.654. The van der Waals surface area contributed by atoms with E-state index in [4.69, 9.17) is 0 Å². The maximum Gasteiger partial charge on any atom is 0.121 e. The molecule has 1 unspecified atom stereocenters. The van der Waals surface area contributed by atoms with E-state index in [0.29, 0.717) is 6.04 Å². The lowest BCUT2D eigenvalue weighted by Crippen LogP contribution is -2.30. The minimum absolute atomic E-state index is 0.627. The molecule has 0 aromatic heterocycles. The minimum atomic E-state index is 0.627. The smallest absolute Gasteiger partial charge is 0.121 e. The van der Waals surface area contributed by atoms with Crippen molar-refractivity contribution < 1.29 is 0 Å². The SMILES string of the molecule is C=C(C)/C=N\C(=C)N1CCC(N(C)C)C1. The molecule has 1 saturated heterocycles. The molecule has 1 aliphatic rings. The van der Waals surface area contributed by atoms with Gasteiger partial charge in [-0.25, -0.2) is 4.99 Å². The monoisotopic (exact) mass is 207 g/mol. The first-order valence-corrected chi connectivity index (χ1v) is 5.30. The summed E-state index contributed by atoms with van der Waals surface area (Å²) in [6.45, 7) is 11.8. The Labute approximate surface area is 92.8 Å². The molecule has 1 aliphatic heterocycles. The van der Waals surface area contributed by atoms with Crippen LogP contribution < -0.4 is 0 Å². The molecule has 1 fully saturated rings. The van der Waals surface area contributed by atoms with E-state index in [1.54, 1.807) is 6.21 Å². The van der Waals surface area contributed by atoms with Crippen molar-refractivity contribution in [3.8, 4) is 0 Å². The first kappa shape index (κ1) is 12.0. The van der Waals surface area contributed by atoms with Gasteiger partial charge in [0.1, 0.15) is 5.82 Å². The minimum Gasteiger partial charge on any atom is -0.355 e. The van der Waals surface area contributed by atoms with Crippen LogP contribution in [-0.4, -0.2) is 49.2 Å². The molecule has 84 valence electrons. The summed E-state index contributed by atoms with van der Waals surface area (Å²) in [4.78, 5) is 8.77. The molecule has 0 aromatic carbocycles. The highest BCUT2D eigenvalue weighted by Crippen LogP contribution is 2.17. The van der Waals surface area contributed by atoms with Crippen LogP contribution in [0.4, 0.5) is 0 Å². The molecule has 3 nitrogen and oxygen atoms in total. The Morgan fingerprint density at radius 2 is 2.13 bits per heavy atom. The first-order chi connectivity index (χ1) is 7.00. The molecule has 0 saturated carbocycles. The lowest BCUT2D eigenvalue weighted by molar-refractivity contribution is 0.290. The molecule has 1 rings (SSSR count). The van der Waals surface area contributed by atoms with E-state index in [1.807, 2.05) is 6.92 Å². The lowest BCUT2D eigenvalue weighted by atomic mass is 10.2. The second kappa shape index (κ2) is 5.12. The number of allylic oxidation sites excluding steroid dienone is 1. The van der Waals surface area contributed by atoms with Crippen molar-refractivity contribution in [3.63, 3.8) is 0 Å². The van der Waals surface area contributed by atoms with Gasteiger partial charge < -0.3 is 9.80 Å². The van der Waals surface area contributed by atoms with Crippen LogP contribution in [0, 0.1) is 0 Å². The number of hydrogen-bond donors (Lipinski definition) is 0. The van der Waals surface area contributed by atoms with E-state index in [0.717, 1.165) is 24.5 Å². The Hall–Kier alpha value is -1.09. The molecule has 0 aromatic rings. The van der Waals surface area contributed by atoms with E-state index in [-0.39, 0.29) is 0 Å². The molecular formula is C12H21N3. The number of rotatable bonds is 4. The van der Waals surface area contributed by atoms with Crippen molar-refractivity contribution in [2.45, 2.75) is 19.4 Å². The van der Waals surface area contributed by atoms with Gasteiger partial charge in [0, 0.05) is 25.3 Å². The third-order valence-electron chi connectivity index (χ3n) is 2.69. The number of likely N-dealkylation sites (N-methyl/N-ethyl adjacent to an activating group) is 1.